The lowest BCUT2D eigenvalue weighted by atomic mass is 9.86. The van der Waals surface area contributed by atoms with E-state index in [0.29, 0.717) is 23.9 Å². The van der Waals surface area contributed by atoms with Crippen LogP contribution in [0.1, 0.15) is 57.9 Å². The first-order valence-corrected chi connectivity index (χ1v) is 11.1. The number of amides is 1. The molecular weight excluding hydrogens is 372 g/mol. The first kappa shape index (κ1) is 21.6. The summed E-state index contributed by atoms with van der Waals surface area (Å²) in [5.74, 6) is 1.59. The van der Waals surface area contributed by atoms with Gasteiger partial charge in [-0.25, -0.2) is 0 Å². The molecule has 1 atom stereocenters. The minimum atomic E-state index is 0.0414. The quantitative estimate of drug-likeness (QED) is 0.716. The number of nitrogens with zero attached hydrogens (tertiary/aromatic N) is 1. The molecule has 3 rings (SSSR count). The van der Waals surface area contributed by atoms with Crippen molar-refractivity contribution in [2.24, 2.45) is 11.8 Å². The van der Waals surface area contributed by atoms with Crippen LogP contribution >= 0.6 is 11.6 Å². The molecule has 0 saturated carbocycles. The molecule has 0 bridgehead atoms. The van der Waals surface area contributed by atoms with Gasteiger partial charge in [0.2, 0.25) is 5.91 Å². The third-order valence-corrected chi connectivity index (χ3v) is 6.42. The Morgan fingerprint density at radius 1 is 1.25 bits per heavy atom. The van der Waals surface area contributed by atoms with E-state index in [1.54, 1.807) is 0 Å². The van der Waals surface area contributed by atoms with Crippen molar-refractivity contribution in [1.82, 2.24) is 10.2 Å². The molecule has 156 valence electrons. The Morgan fingerprint density at radius 3 is 2.75 bits per heavy atom. The van der Waals surface area contributed by atoms with Crippen LogP contribution in [0.5, 0.6) is 0 Å². The van der Waals surface area contributed by atoms with Crippen molar-refractivity contribution in [3.05, 3.63) is 34.9 Å². The van der Waals surface area contributed by atoms with Gasteiger partial charge >= 0.3 is 0 Å². The normalized spacial score (nSPS) is 23.5. The number of rotatable bonds is 7. The lowest BCUT2D eigenvalue weighted by Gasteiger charge is -2.39. The molecule has 1 unspecified atom stereocenters. The van der Waals surface area contributed by atoms with E-state index in [1.165, 1.54) is 45.3 Å². The van der Waals surface area contributed by atoms with E-state index < -0.39 is 0 Å². The second-order valence-electron chi connectivity index (χ2n) is 9.16. The van der Waals surface area contributed by atoms with E-state index in [2.05, 4.69) is 24.1 Å². The highest BCUT2D eigenvalue weighted by Crippen LogP contribution is 2.30. The summed E-state index contributed by atoms with van der Waals surface area (Å²) in [6, 6.07) is 7.65. The largest absolute Gasteiger partial charge is 0.376 e. The number of carbonyl (C=O) groups is 1. The molecular formula is C23H35ClN2O2. The van der Waals surface area contributed by atoms with Crippen LogP contribution in [-0.4, -0.2) is 42.6 Å². The number of carbonyl (C=O) groups excluding carboxylic acids is 1. The second kappa shape index (κ2) is 10.1. The van der Waals surface area contributed by atoms with E-state index in [0.717, 1.165) is 24.5 Å². The zero-order valence-electron chi connectivity index (χ0n) is 17.4. The smallest absolute Gasteiger partial charge is 0.220 e. The highest BCUT2D eigenvalue weighted by Gasteiger charge is 2.30. The fourth-order valence-electron chi connectivity index (χ4n) is 4.61. The van der Waals surface area contributed by atoms with Gasteiger partial charge < -0.3 is 15.0 Å². The minimum absolute atomic E-state index is 0.0414. The van der Waals surface area contributed by atoms with Crippen LogP contribution in [0.25, 0.3) is 0 Å². The summed E-state index contributed by atoms with van der Waals surface area (Å²) >= 11 is 5.99. The SMILES string of the molecule is CC1(C)CC(CN2CCC(CCC(=O)NCc3cccc(Cl)c3)CC2)CCO1. The van der Waals surface area contributed by atoms with Gasteiger partial charge in [-0.05, 0) is 88.6 Å². The van der Waals surface area contributed by atoms with E-state index in [-0.39, 0.29) is 11.5 Å². The van der Waals surface area contributed by atoms with Gasteiger partial charge in [0.15, 0.2) is 0 Å². The molecule has 1 amide bonds. The summed E-state index contributed by atoms with van der Waals surface area (Å²) in [6.07, 6.45) is 6.41. The van der Waals surface area contributed by atoms with Gasteiger partial charge in [0.1, 0.15) is 0 Å². The van der Waals surface area contributed by atoms with Gasteiger partial charge in [-0.3, -0.25) is 4.79 Å². The number of likely N-dealkylation sites (tertiary alicyclic amines) is 1. The molecule has 2 heterocycles. The van der Waals surface area contributed by atoms with Gasteiger partial charge in [0.25, 0.3) is 0 Å². The molecule has 2 fully saturated rings. The van der Waals surface area contributed by atoms with Crippen LogP contribution in [0.2, 0.25) is 5.02 Å². The van der Waals surface area contributed by atoms with Crippen molar-refractivity contribution in [1.29, 1.82) is 0 Å². The molecule has 2 aliphatic heterocycles. The maximum absolute atomic E-state index is 12.2. The standard InChI is InChI=1S/C23H35ClN2O2/c1-23(2)15-20(10-13-28-23)17-26-11-8-18(9-12-26)6-7-22(27)25-16-19-4-3-5-21(24)14-19/h3-5,14,18,20H,6-13,15-17H2,1-2H3,(H,25,27). The Hall–Kier alpha value is -1.10. The maximum atomic E-state index is 12.2. The van der Waals surface area contributed by atoms with Gasteiger partial charge in [-0.2, -0.15) is 0 Å². The number of piperidine rings is 1. The zero-order chi connectivity index (χ0) is 20.0. The van der Waals surface area contributed by atoms with Crippen molar-refractivity contribution in [2.75, 3.05) is 26.2 Å². The zero-order valence-corrected chi connectivity index (χ0v) is 18.1. The van der Waals surface area contributed by atoms with Gasteiger partial charge in [-0.1, -0.05) is 23.7 Å². The number of ether oxygens (including phenoxy) is 1. The molecule has 1 aromatic rings. The summed E-state index contributed by atoms with van der Waals surface area (Å²) < 4.78 is 5.85. The van der Waals surface area contributed by atoms with Gasteiger partial charge in [0.05, 0.1) is 5.60 Å². The number of hydrogen-bond donors (Lipinski definition) is 1. The van der Waals surface area contributed by atoms with Crippen molar-refractivity contribution >= 4 is 17.5 Å². The molecule has 2 saturated heterocycles. The van der Waals surface area contributed by atoms with Crippen LogP contribution in [-0.2, 0) is 16.1 Å². The lowest BCUT2D eigenvalue weighted by molar-refractivity contribution is -0.121. The predicted molar refractivity (Wildman–Crippen MR) is 114 cm³/mol. The molecule has 2 aliphatic rings. The topological polar surface area (TPSA) is 41.6 Å². The minimum Gasteiger partial charge on any atom is -0.376 e. The van der Waals surface area contributed by atoms with Crippen LogP contribution in [0.3, 0.4) is 0 Å². The monoisotopic (exact) mass is 406 g/mol. The van der Waals surface area contributed by atoms with E-state index in [4.69, 9.17) is 16.3 Å². The maximum Gasteiger partial charge on any atom is 0.220 e. The van der Waals surface area contributed by atoms with Crippen LogP contribution in [0, 0.1) is 11.8 Å². The van der Waals surface area contributed by atoms with Crippen LogP contribution < -0.4 is 5.32 Å². The highest BCUT2D eigenvalue weighted by molar-refractivity contribution is 6.30. The van der Waals surface area contributed by atoms with Crippen molar-refractivity contribution in [3.63, 3.8) is 0 Å². The van der Waals surface area contributed by atoms with Crippen molar-refractivity contribution < 1.29 is 9.53 Å². The van der Waals surface area contributed by atoms with E-state index >= 15 is 0 Å². The third kappa shape index (κ3) is 7.06. The lowest BCUT2D eigenvalue weighted by Crippen LogP contribution is -2.42. The average Bonchev–Trinajstić information content (AvgIpc) is 2.65. The summed E-state index contributed by atoms with van der Waals surface area (Å²) in [5.41, 5.74) is 1.09. The van der Waals surface area contributed by atoms with Gasteiger partial charge in [-0.15, -0.1) is 0 Å². The first-order chi connectivity index (χ1) is 13.4. The molecule has 28 heavy (non-hydrogen) atoms. The highest BCUT2D eigenvalue weighted by atomic mass is 35.5. The number of nitrogens with one attached hydrogen (secondary N) is 1. The summed E-state index contributed by atoms with van der Waals surface area (Å²) in [4.78, 5) is 14.8. The Kier molecular flexibility index (Phi) is 7.78. The number of halogens is 1. The summed E-state index contributed by atoms with van der Waals surface area (Å²) in [5, 5.41) is 3.73. The predicted octanol–water partition coefficient (Wildman–Crippen LogP) is 4.65. The summed E-state index contributed by atoms with van der Waals surface area (Å²) in [6.45, 7) is 9.43. The fourth-order valence-corrected chi connectivity index (χ4v) is 4.82. The third-order valence-electron chi connectivity index (χ3n) is 6.18. The van der Waals surface area contributed by atoms with Crippen LogP contribution in [0.15, 0.2) is 24.3 Å². The van der Waals surface area contributed by atoms with Crippen molar-refractivity contribution in [2.45, 2.75) is 64.5 Å². The molecule has 1 N–H and O–H groups in total. The van der Waals surface area contributed by atoms with E-state index in [1.807, 2.05) is 24.3 Å². The molecule has 0 aromatic heterocycles. The van der Waals surface area contributed by atoms with E-state index in [9.17, 15) is 4.79 Å². The van der Waals surface area contributed by atoms with Crippen LogP contribution in [0.4, 0.5) is 0 Å². The molecule has 0 aliphatic carbocycles. The number of benzene rings is 1. The summed E-state index contributed by atoms with van der Waals surface area (Å²) in [7, 11) is 0. The Bertz CT molecular complexity index is 641. The fraction of sp³-hybridized carbons (Fsp3) is 0.696. The number of hydrogen-bond acceptors (Lipinski definition) is 3. The van der Waals surface area contributed by atoms with Crippen molar-refractivity contribution in [3.8, 4) is 0 Å². The Morgan fingerprint density at radius 2 is 2.04 bits per heavy atom. The Labute approximate surface area is 175 Å². The first-order valence-electron chi connectivity index (χ1n) is 10.8. The molecule has 4 nitrogen and oxygen atoms in total. The molecule has 0 radical (unpaired) electrons. The molecule has 0 spiro atoms. The average molecular weight is 407 g/mol. The Balaban J connectivity index is 1.30. The second-order valence-corrected chi connectivity index (χ2v) is 9.59. The molecule has 1 aromatic carbocycles. The molecule has 5 heteroatoms. The van der Waals surface area contributed by atoms with Gasteiger partial charge in [0, 0.05) is 31.1 Å².